The molecule has 3 fully saturated rings. The van der Waals surface area contributed by atoms with E-state index in [4.69, 9.17) is 17.3 Å². The summed E-state index contributed by atoms with van der Waals surface area (Å²) >= 11 is 5.88. The van der Waals surface area contributed by atoms with Crippen LogP contribution in [0.3, 0.4) is 0 Å². The second kappa shape index (κ2) is 11.7. The Bertz CT molecular complexity index is 1360. The van der Waals surface area contributed by atoms with Gasteiger partial charge < -0.3 is 26.4 Å². The Balaban J connectivity index is 1.16. The van der Waals surface area contributed by atoms with Crippen molar-refractivity contribution in [3.63, 3.8) is 0 Å². The number of rotatable bonds is 7. The van der Waals surface area contributed by atoms with E-state index in [0.29, 0.717) is 67.2 Å². The number of aromatic nitrogens is 2. The van der Waals surface area contributed by atoms with E-state index < -0.39 is 23.2 Å². The number of aryl methyl sites for hydroxylation is 1. The van der Waals surface area contributed by atoms with Gasteiger partial charge in [0.2, 0.25) is 5.91 Å². The number of nitrogens with two attached hydrogens (primary N) is 1. The van der Waals surface area contributed by atoms with Gasteiger partial charge in [0.1, 0.15) is 17.2 Å². The van der Waals surface area contributed by atoms with Gasteiger partial charge in [-0.1, -0.05) is 25.4 Å². The molecule has 2 heterocycles. The predicted octanol–water partition coefficient (Wildman–Crippen LogP) is 5.10. The molecule has 2 atom stereocenters. The summed E-state index contributed by atoms with van der Waals surface area (Å²) in [4.78, 5) is 39.1. The Morgan fingerprint density at radius 3 is 2.38 bits per heavy atom. The SMILES string of the molecule is Cn1nc(C2CC3CC(CNC(=O)C(C)(C)C4CCN(C(=O)O)CC4)CC3C2)c(C(=O)Nc2ccc(F)c(Cl)c2)c1N. The number of nitrogen functional groups attached to an aromatic ring is 1. The molecule has 2 unspecified atom stereocenters. The average Bonchev–Trinajstić information content (AvgIpc) is 3.60. The van der Waals surface area contributed by atoms with Gasteiger partial charge in [-0.2, -0.15) is 5.10 Å². The van der Waals surface area contributed by atoms with Crippen LogP contribution in [-0.2, 0) is 11.8 Å². The van der Waals surface area contributed by atoms with Crippen molar-refractivity contribution >= 4 is 41.0 Å². The molecular formula is C30H40ClFN6O4. The molecule has 2 aromatic rings. The summed E-state index contributed by atoms with van der Waals surface area (Å²) in [5.74, 6) is 0.981. The highest BCUT2D eigenvalue weighted by Gasteiger charge is 2.45. The minimum absolute atomic E-state index is 0.0354. The number of carbonyl (C=O) groups excluding carboxylic acids is 2. The highest BCUT2D eigenvalue weighted by atomic mass is 35.5. The molecule has 0 bridgehead atoms. The second-order valence-corrected chi connectivity index (χ2v) is 13.3. The molecule has 3 aliphatic rings. The zero-order chi connectivity index (χ0) is 30.3. The van der Waals surface area contributed by atoms with Crippen molar-refractivity contribution in [2.24, 2.45) is 36.1 Å². The van der Waals surface area contributed by atoms with Crippen LogP contribution in [-0.4, -0.2) is 57.3 Å². The first-order valence-corrected chi connectivity index (χ1v) is 15.1. The van der Waals surface area contributed by atoms with E-state index in [-0.39, 0.29) is 28.6 Å². The van der Waals surface area contributed by atoms with Crippen molar-refractivity contribution in [2.75, 3.05) is 30.7 Å². The Morgan fingerprint density at radius 1 is 1.14 bits per heavy atom. The van der Waals surface area contributed by atoms with Crippen LogP contribution in [0, 0.1) is 34.9 Å². The monoisotopic (exact) mass is 602 g/mol. The third-order valence-corrected chi connectivity index (χ3v) is 10.2. The molecule has 0 spiro atoms. The van der Waals surface area contributed by atoms with Crippen LogP contribution in [0.1, 0.15) is 74.3 Å². The maximum atomic E-state index is 13.6. The molecule has 1 aromatic heterocycles. The number of halogens is 2. The predicted molar refractivity (Wildman–Crippen MR) is 158 cm³/mol. The number of piperidine rings is 1. The van der Waals surface area contributed by atoms with Gasteiger partial charge >= 0.3 is 6.09 Å². The van der Waals surface area contributed by atoms with Crippen molar-refractivity contribution < 1.29 is 23.9 Å². The van der Waals surface area contributed by atoms with E-state index in [1.54, 1.807) is 7.05 Å². The molecule has 2 aliphatic carbocycles. The van der Waals surface area contributed by atoms with Crippen molar-refractivity contribution in [1.29, 1.82) is 0 Å². The Kier molecular flexibility index (Phi) is 8.42. The largest absolute Gasteiger partial charge is 0.465 e. The van der Waals surface area contributed by atoms with E-state index in [9.17, 15) is 23.9 Å². The smallest absolute Gasteiger partial charge is 0.407 e. The van der Waals surface area contributed by atoms with E-state index in [0.717, 1.165) is 25.7 Å². The molecule has 228 valence electrons. The lowest BCUT2D eigenvalue weighted by Gasteiger charge is -2.39. The van der Waals surface area contributed by atoms with Crippen LogP contribution in [0.2, 0.25) is 5.02 Å². The topological polar surface area (TPSA) is 143 Å². The molecule has 2 saturated carbocycles. The number of nitrogens with zero attached hydrogens (tertiary/aromatic N) is 3. The summed E-state index contributed by atoms with van der Waals surface area (Å²) < 4.78 is 15.1. The first kappa shape index (κ1) is 30.1. The standard InChI is InChI=1S/C30H40ClFN6O4/c1-30(2,20-6-8-38(9-7-20)29(41)42)28(40)34-15-16-10-17-12-19(13-18(17)11-16)25-24(26(33)37(3)36-25)27(39)35-21-4-5-23(32)22(31)14-21/h4-5,14,16-20H,6-13,15,33H2,1-3H3,(H,34,40)(H,35,39)(H,41,42). The van der Waals surface area contributed by atoms with Crippen LogP contribution in [0.25, 0.3) is 0 Å². The fourth-order valence-electron chi connectivity index (χ4n) is 7.42. The molecule has 3 amide bonds. The molecular weight excluding hydrogens is 563 g/mol. The molecule has 5 N–H and O–H groups in total. The lowest BCUT2D eigenvalue weighted by Crippen LogP contribution is -2.48. The summed E-state index contributed by atoms with van der Waals surface area (Å²) in [5, 5.41) is 19.8. The zero-order valence-electron chi connectivity index (χ0n) is 24.3. The maximum absolute atomic E-state index is 13.6. The molecule has 1 saturated heterocycles. The summed E-state index contributed by atoms with van der Waals surface area (Å²) in [6.07, 6.45) is 4.32. The fourth-order valence-corrected chi connectivity index (χ4v) is 7.60. The van der Waals surface area contributed by atoms with Crippen LogP contribution in [0.4, 0.5) is 20.7 Å². The molecule has 12 heteroatoms. The summed E-state index contributed by atoms with van der Waals surface area (Å²) in [5.41, 5.74) is 7.14. The fraction of sp³-hybridized carbons (Fsp3) is 0.600. The van der Waals surface area contributed by atoms with E-state index in [1.807, 2.05) is 13.8 Å². The van der Waals surface area contributed by atoms with E-state index >= 15 is 0 Å². The summed E-state index contributed by atoms with van der Waals surface area (Å²) in [6, 6.07) is 4.02. The normalized spacial score (nSPS) is 24.5. The number of carboxylic acid groups (broad SMARTS) is 1. The second-order valence-electron chi connectivity index (χ2n) is 12.9. The first-order valence-electron chi connectivity index (χ1n) is 14.7. The first-order chi connectivity index (χ1) is 19.8. The van der Waals surface area contributed by atoms with E-state index in [2.05, 4.69) is 15.7 Å². The van der Waals surface area contributed by atoms with Gasteiger partial charge in [-0.15, -0.1) is 0 Å². The molecule has 0 radical (unpaired) electrons. The van der Waals surface area contributed by atoms with Crippen LogP contribution in [0.15, 0.2) is 18.2 Å². The molecule has 1 aromatic carbocycles. The average molecular weight is 603 g/mol. The number of anilines is 2. The lowest BCUT2D eigenvalue weighted by atomic mass is 9.73. The highest BCUT2D eigenvalue weighted by Crippen LogP contribution is 2.53. The van der Waals surface area contributed by atoms with Gasteiger partial charge in [0.05, 0.1) is 10.7 Å². The van der Waals surface area contributed by atoms with Gasteiger partial charge in [0, 0.05) is 43.7 Å². The zero-order valence-corrected chi connectivity index (χ0v) is 25.1. The van der Waals surface area contributed by atoms with Gasteiger partial charge in [-0.05, 0) is 80.4 Å². The number of fused-ring (bicyclic) bond motifs is 1. The van der Waals surface area contributed by atoms with Gasteiger partial charge in [0.25, 0.3) is 5.91 Å². The third-order valence-electron chi connectivity index (χ3n) is 9.95. The van der Waals surface area contributed by atoms with E-state index in [1.165, 1.54) is 27.8 Å². The Labute approximate surface area is 250 Å². The third kappa shape index (κ3) is 5.93. The minimum Gasteiger partial charge on any atom is -0.465 e. The minimum atomic E-state index is -0.897. The molecule has 1 aliphatic heterocycles. The molecule has 10 nitrogen and oxygen atoms in total. The molecule has 42 heavy (non-hydrogen) atoms. The Morgan fingerprint density at radius 2 is 1.79 bits per heavy atom. The number of benzene rings is 1. The quantitative estimate of drug-likeness (QED) is 0.347. The number of likely N-dealkylation sites (tertiary alicyclic amines) is 1. The molecule has 5 rings (SSSR count). The Hall–Kier alpha value is -3.34. The number of hydrogen-bond acceptors (Lipinski definition) is 5. The maximum Gasteiger partial charge on any atom is 0.407 e. The van der Waals surface area contributed by atoms with Crippen molar-refractivity contribution in [3.8, 4) is 0 Å². The van der Waals surface area contributed by atoms with Crippen molar-refractivity contribution in [1.82, 2.24) is 20.0 Å². The van der Waals surface area contributed by atoms with Crippen LogP contribution in [0.5, 0.6) is 0 Å². The van der Waals surface area contributed by atoms with Crippen LogP contribution >= 0.6 is 11.6 Å². The van der Waals surface area contributed by atoms with Crippen molar-refractivity contribution in [3.05, 3.63) is 40.3 Å². The van der Waals surface area contributed by atoms with Gasteiger partial charge in [-0.3, -0.25) is 14.3 Å². The summed E-state index contributed by atoms with van der Waals surface area (Å²) in [7, 11) is 1.72. The van der Waals surface area contributed by atoms with Gasteiger partial charge in [-0.25, -0.2) is 9.18 Å². The lowest BCUT2D eigenvalue weighted by molar-refractivity contribution is -0.133. The number of carbonyl (C=O) groups is 3. The number of hydrogen-bond donors (Lipinski definition) is 4. The summed E-state index contributed by atoms with van der Waals surface area (Å²) in [6.45, 7) is 5.51. The van der Waals surface area contributed by atoms with Crippen LogP contribution < -0.4 is 16.4 Å². The van der Waals surface area contributed by atoms with Gasteiger partial charge in [0.15, 0.2) is 0 Å². The number of nitrogens with one attached hydrogen (secondary N) is 2. The highest BCUT2D eigenvalue weighted by molar-refractivity contribution is 6.31. The van der Waals surface area contributed by atoms with Crippen molar-refractivity contribution in [2.45, 2.75) is 58.3 Å². The number of amides is 3.